The number of hydrogen-bond acceptors (Lipinski definition) is 4. The second-order valence-corrected chi connectivity index (χ2v) is 6.09. The quantitative estimate of drug-likeness (QED) is 0.642. The third-order valence-electron chi connectivity index (χ3n) is 4.21. The van der Waals surface area contributed by atoms with Crippen molar-refractivity contribution in [1.82, 2.24) is 10.3 Å². The van der Waals surface area contributed by atoms with Gasteiger partial charge in [0, 0.05) is 13.1 Å². The van der Waals surface area contributed by atoms with Gasteiger partial charge in [0.05, 0.1) is 19.0 Å². The number of carbonyl (C=O) groups excluding carboxylic acids is 1. The fourth-order valence-corrected chi connectivity index (χ4v) is 2.74. The molecule has 1 heterocycles. The van der Waals surface area contributed by atoms with Crippen LogP contribution in [0.15, 0.2) is 72.9 Å². The monoisotopic (exact) mass is 361 g/mol. The van der Waals surface area contributed by atoms with Crippen molar-refractivity contribution < 1.29 is 9.53 Å². The number of nitrogens with one attached hydrogen (secondary N) is 2. The van der Waals surface area contributed by atoms with Gasteiger partial charge in [0.1, 0.15) is 11.4 Å². The number of pyridine rings is 1. The van der Waals surface area contributed by atoms with Gasteiger partial charge in [-0.25, -0.2) is 4.98 Å². The highest BCUT2D eigenvalue weighted by molar-refractivity contribution is 5.92. The standard InChI is InChI=1S/C22H23N3O2/c1-27-21-10-6-5-9-18(21)13-14-23-22(26)20-12-11-19(16-25-20)24-15-17-7-3-2-4-8-17/h2-12,16,24H,13-15H2,1H3,(H,23,26). The number of aromatic nitrogens is 1. The largest absolute Gasteiger partial charge is 0.496 e. The van der Waals surface area contributed by atoms with Gasteiger partial charge in [0.2, 0.25) is 0 Å². The SMILES string of the molecule is COc1ccccc1CCNC(=O)c1ccc(NCc2ccccc2)cn1. The maximum atomic E-state index is 12.3. The van der Waals surface area contributed by atoms with E-state index < -0.39 is 0 Å². The molecule has 5 nitrogen and oxygen atoms in total. The highest BCUT2D eigenvalue weighted by atomic mass is 16.5. The number of amides is 1. The van der Waals surface area contributed by atoms with Crippen LogP contribution in [-0.4, -0.2) is 24.5 Å². The Hall–Kier alpha value is -3.34. The predicted molar refractivity (Wildman–Crippen MR) is 107 cm³/mol. The zero-order valence-corrected chi connectivity index (χ0v) is 15.3. The first kappa shape index (κ1) is 18.5. The van der Waals surface area contributed by atoms with Gasteiger partial charge in [0.15, 0.2) is 0 Å². The molecule has 0 unspecified atom stereocenters. The third-order valence-corrected chi connectivity index (χ3v) is 4.21. The molecular formula is C22H23N3O2. The molecule has 1 aromatic heterocycles. The molecule has 5 heteroatoms. The number of nitrogens with zero attached hydrogens (tertiary/aromatic N) is 1. The van der Waals surface area contributed by atoms with Crippen LogP contribution in [0.3, 0.4) is 0 Å². The van der Waals surface area contributed by atoms with Crippen molar-refractivity contribution in [2.75, 3.05) is 19.0 Å². The molecule has 0 radical (unpaired) electrons. The molecule has 0 aliphatic heterocycles. The van der Waals surface area contributed by atoms with Crippen molar-refractivity contribution in [3.05, 3.63) is 89.7 Å². The van der Waals surface area contributed by atoms with Crippen LogP contribution in [0.1, 0.15) is 21.6 Å². The van der Waals surface area contributed by atoms with E-state index in [0.29, 0.717) is 25.2 Å². The number of carbonyl (C=O) groups is 1. The van der Waals surface area contributed by atoms with Crippen molar-refractivity contribution in [3.8, 4) is 5.75 Å². The molecule has 0 saturated carbocycles. The number of benzene rings is 2. The summed E-state index contributed by atoms with van der Waals surface area (Å²) in [5, 5.41) is 6.19. The summed E-state index contributed by atoms with van der Waals surface area (Å²) in [6, 6.07) is 21.5. The summed E-state index contributed by atoms with van der Waals surface area (Å²) < 4.78 is 5.32. The molecule has 3 aromatic rings. The number of hydrogen-bond donors (Lipinski definition) is 2. The topological polar surface area (TPSA) is 63.2 Å². The molecule has 138 valence electrons. The van der Waals surface area contributed by atoms with Gasteiger partial charge in [-0.1, -0.05) is 48.5 Å². The van der Waals surface area contributed by atoms with Crippen LogP contribution in [-0.2, 0) is 13.0 Å². The Kier molecular flexibility index (Phi) is 6.41. The van der Waals surface area contributed by atoms with E-state index in [2.05, 4.69) is 27.8 Å². The Morgan fingerprint density at radius 2 is 1.78 bits per heavy atom. The number of ether oxygens (including phenoxy) is 1. The van der Waals surface area contributed by atoms with E-state index in [1.54, 1.807) is 19.4 Å². The van der Waals surface area contributed by atoms with Crippen LogP contribution in [0.4, 0.5) is 5.69 Å². The Balaban J connectivity index is 1.48. The van der Waals surface area contributed by atoms with Crippen molar-refractivity contribution in [2.45, 2.75) is 13.0 Å². The lowest BCUT2D eigenvalue weighted by atomic mass is 10.1. The van der Waals surface area contributed by atoms with Gasteiger partial charge < -0.3 is 15.4 Å². The average Bonchev–Trinajstić information content (AvgIpc) is 2.73. The van der Waals surface area contributed by atoms with Crippen LogP contribution in [0.2, 0.25) is 0 Å². The van der Waals surface area contributed by atoms with E-state index in [0.717, 1.165) is 17.0 Å². The molecule has 0 aliphatic carbocycles. The molecule has 1 amide bonds. The fraction of sp³-hybridized carbons (Fsp3) is 0.182. The van der Waals surface area contributed by atoms with Crippen molar-refractivity contribution in [3.63, 3.8) is 0 Å². The summed E-state index contributed by atoms with van der Waals surface area (Å²) >= 11 is 0. The molecule has 0 bridgehead atoms. The van der Waals surface area contributed by atoms with Gasteiger partial charge >= 0.3 is 0 Å². The number of anilines is 1. The van der Waals surface area contributed by atoms with Crippen LogP contribution in [0, 0.1) is 0 Å². The van der Waals surface area contributed by atoms with E-state index in [9.17, 15) is 4.79 Å². The summed E-state index contributed by atoms with van der Waals surface area (Å²) in [6.07, 6.45) is 2.38. The van der Waals surface area contributed by atoms with Crippen LogP contribution < -0.4 is 15.4 Å². The lowest BCUT2D eigenvalue weighted by molar-refractivity contribution is 0.0949. The van der Waals surface area contributed by atoms with Gasteiger partial charge in [0.25, 0.3) is 5.91 Å². The van der Waals surface area contributed by atoms with Gasteiger partial charge in [-0.15, -0.1) is 0 Å². The maximum absolute atomic E-state index is 12.3. The smallest absolute Gasteiger partial charge is 0.269 e. The zero-order chi connectivity index (χ0) is 18.9. The second kappa shape index (κ2) is 9.38. The molecule has 0 atom stereocenters. The Morgan fingerprint density at radius 3 is 2.52 bits per heavy atom. The average molecular weight is 361 g/mol. The van der Waals surface area contributed by atoms with E-state index >= 15 is 0 Å². The molecule has 27 heavy (non-hydrogen) atoms. The summed E-state index contributed by atoms with van der Waals surface area (Å²) in [6.45, 7) is 1.24. The lowest BCUT2D eigenvalue weighted by Gasteiger charge is -2.09. The zero-order valence-electron chi connectivity index (χ0n) is 15.3. The second-order valence-electron chi connectivity index (χ2n) is 6.09. The van der Waals surface area contributed by atoms with Crippen LogP contribution >= 0.6 is 0 Å². The minimum atomic E-state index is -0.181. The molecule has 2 N–H and O–H groups in total. The molecule has 0 saturated heterocycles. The number of rotatable bonds is 8. The Bertz CT molecular complexity index is 864. The Labute approximate surface area is 159 Å². The van der Waals surface area contributed by atoms with Crippen molar-refractivity contribution >= 4 is 11.6 Å². The van der Waals surface area contributed by atoms with Crippen molar-refractivity contribution in [2.24, 2.45) is 0 Å². The van der Waals surface area contributed by atoms with E-state index in [4.69, 9.17) is 4.74 Å². The first-order chi connectivity index (χ1) is 13.3. The fourth-order valence-electron chi connectivity index (χ4n) is 2.74. The van der Waals surface area contributed by atoms with E-state index in [1.165, 1.54) is 5.56 Å². The minimum absolute atomic E-state index is 0.181. The Morgan fingerprint density at radius 1 is 1.00 bits per heavy atom. The molecular weight excluding hydrogens is 338 g/mol. The van der Waals surface area contributed by atoms with E-state index in [1.807, 2.05) is 48.5 Å². The first-order valence-electron chi connectivity index (χ1n) is 8.90. The normalized spacial score (nSPS) is 10.3. The molecule has 0 spiro atoms. The molecule has 0 aliphatic rings. The van der Waals surface area contributed by atoms with Crippen LogP contribution in [0.25, 0.3) is 0 Å². The summed E-state index contributed by atoms with van der Waals surface area (Å²) in [4.78, 5) is 16.5. The summed E-state index contributed by atoms with van der Waals surface area (Å²) in [5.74, 6) is 0.651. The van der Waals surface area contributed by atoms with E-state index in [-0.39, 0.29) is 5.91 Å². The van der Waals surface area contributed by atoms with Crippen molar-refractivity contribution in [1.29, 1.82) is 0 Å². The summed E-state index contributed by atoms with van der Waals surface area (Å²) in [7, 11) is 1.65. The van der Waals surface area contributed by atoms with Gasteiger partial charge in [-0.3, -0.25) is 4.79 Å². The highest BCUT2D eigenvalue weighted by Crippen LogP contribution is 2.17. The number of para-hydroxylation sites is 1. The van der Waals surface area contributed by atoms with Gasteiger partial charge in [-0.2, -0.15) is 0 Å². The summed E-state index contributed by atoms with van der Waals surface area (Å²) in [5.41, 5.74) is 3.54. The first-order valence-corrected chi connectivity index (χ1v) is 8.90. The predicted octanol–water partition coefficient (Wildman–Crippen LogP) is 3.67. The van der Waals surface area contributed by atoms with Crippen LogP contribution in [0.5, 0.6) is 5.75 Å². The number of methoxy groups -OCH3 is 1. The van der Waals surface area contributed by atoms with Gasteiger partial charge in [-0.05, 0) is 35.7 Å². The molecule has 2 aromatic carbocycles. The lowest BCUT2D eigenvalue weighted by Crippen LogP contribution is -2.26. The maximum Gasteiger partial charge on any atom is 0.269 e. The molecule has 3 rings (SSSR count). The third kappa shape index (κ3) is 5.31. The minimum Gasteiger partial charge on any atom is -0.496 e. The highest BCUT2D eigenvalue weighted by Gasteiger charge is 2.08. The molecule has 0 fully saturated rings.